The van der Waals surface area contributed by atoms with Gasteiger partial charge < -0.3 is 5.32 Å². The number of hydrogen-bond donors (Lipinski definition) is 1. The van der Waals surface area contributed by atoms with Crippen molar-refractivity contribution in [1.29, 1.82) is 0 Å². The average Bonchev–Trinajstić information content (AvgIpc) is 2.94. The predicted octanol–water partition coefficient (Wildman–Crippen LogP) is 7.10. The molecule has 5 nitrogen and oxygen atoms in total. The van der Waals surface area contributed by atoms with Gasteiger partial charge in [0.15, 0.2) is 0 Å². The highest BCUT2D eigenvalue weighted by atomic mass is 35.5. The first-order chi connectivity index (χ1) is 18.2. The van der Waals surface area contributed by atoms with E-state index in [-0.39, 0.29) is 23.4 Å². The fourth-order valence-electron chi connectivity index (χ4n) is 4.20. The van der Waals surface area contributed by atoms with E-state index in [1.807, 2.05) is 26.0 Å². The Labute approximate surface area is 230 Å². The van der Waals surface area contributed by atoms with Crippen molar-refractivity contribution in [3.05, 3.63) is 130 Å². The number of nitrogens with one attached hydrogen (secondary N) is 1. The van der Waals surface area contributed by atoms with Crippen LogP contribution in [0.15, 0.2) is 102 Å². The Morgan fingerprint density at radius 1 is 0.895 bits per heavy atom. The van der Waals surface area contributed by atoms with Gasteiger partial charge in [0.25, 0.3) is 15.9 Å². The van der Waals surface area contributed by atoms with E-state index in [2.05, 4.69) is 24.4 Å². The van der Waals surface area contributed by atoms with E-state index in [0.717, 1.165) is 23.1 Å². The number of carbonyl (C=O) groups excluding carboxylic acids is 1. The Bertz CT molecular complexity index is 1500. The molecule has 0 saturated heterocycles. The molecule has 0 radical (unpaired) electrons. The van der Waals surface area contributed by atoms with Crippen molar-refractivity contribution < 1.29 is 13.2 Å². The van der Waals surface area contributed by atoms with Gasteiger partial charge >= 0.3 is 0 Å². The monoisotopic (exact) mass is 546 g/mol. The van der Waals surface area contributed by atoms with Gasteiger partial charge in [-0.15, -0.1) is 0 Å². The number of sulfonamides is 1. The maximum atomic E-state index is 13.7. The van der Waals surface area contributed by atoms with Crippen LogP contribution in [-0.2, 0) is 23.0 Å². The van der Waals surface area contributed by atoms with Crippen LogP contribution in [0.5, 0.6) is 0 Å². The molecule has 0 bridgehead atoms. The third-order valence-corrected chi connectivity index (χ3v) is 8.56. The summed E-state index contributed by atoms with van der Waals surface area (Å²) in [7, 11) is -3.87. The van der Waals surface area contributed by atoms with Crippen LogP contribution in [0.1, 0.15) is 52.5 Å². The Hall–Kier alpha value is -3.61. The minimum absolute atomic E-state index is 0.0838. The summed E-state index contributed by atoms with van der Waals surface area (Å²) in [4.78, 5) is 13.1. The predicted molar refractivity (Wildman–Crippen MR) is 154 cm³/mol. The number of carbonyl (C=O) groups is 1. The number of nitrogens with zero attached hydrogens (tertiary/aromatic N) is 1. The van der Waals surface area contributed by atoms with E-state index in [1.165, 1.54) is 9.87 Å². The second kappa shape index (κ2) is 11.8. The van der Waals surface area contributed by atoms with Gasteiger partial charge in [-0.3, -0.25) is 9.10 Å². The topological polar surface area (TPSA) is 66.5 Å². The number of anilines is 1. The van der Waals surface area contributed by atoms with Gasteiger partial charge in [-0.2, -0.15) is 0 Å². The standard InChI is InChI=1S/C31H31ClN2O3S/c1-4-24-11-15-26(16-12-24)23(3)33-31(35)27-17-13-25(14-18-27)21-34(30-20-28(32)19-10-22(30)2)38(36,37)29-8-6-5-7-9-29/h5-20,23H,4,21H2,1-3H3,(H,33,35)/t23-/m1/s1. The zero-order valence-electron chi connectivity index (χ0n) is 21.7. The summed E-state index contributed by atoms with van der Waals surface area (Å²) in [5.41, 5.74) is 4.81. The molecule has 0 spiro atoms. The molecular formula is C31H31ClN2O3S. The van der Waals surface area contributed by atoms with Gasteiger partial charge in [0.1, 0.15) is 0 Å². The average molecular weight is 547 g/mol. The molecule has 0 aliphatic carbocycles. The lowest BCUT2D eigenvalue weighted by Crippen LogP contribution is -2.31. The lowest BCUT2D eigenvalue weighted by molar-refractivity contribution is 0.0940. The maximum absolute atomic E-state index is 13.7. The molecule has 0 fully saturated rings. The molecule has 4 aromatic carbocycles. The molecular weight excluding hydrogens is 516 g/mol. The second-order valence-corrected chi connectivity index (χ2v) is 11.5. The molecule has 38 heavy (non-hydrogen) atoms. The van der Waals surface area contributed by atoms with Crippen LogP contribution in [0, 0.1) is 6.92 Å². The van der Waals surface area contributed by atoms with Crippen LogP contribution in [0.3, 0.4) is 0 Å². The fraction of sp³-hybridized carbons (Fsp3) is 0.194. The molecule has 4 rings (SSSR count). The Morgan fingerprint density at radius 2 is 1.53 bits per heavy atom. The number of hydrogen-bond acceptors (Lipinski definition) is 3. The molecule has 0 heterocycles. The largest absolute Gasteiger partial charge is 0.346 e. The molecule has 0 unspecified atom stereocenters. The summed E-state index contributed by atoms with van der Waals surface area (Å²) in [5, 5.41) is 3.48. The van der Waals surface area contributed by atoms with Crippen molar-refractivity contribution in [3.63, 3.8) is 0 Å². The van der Waals surface area contributed by atoms with Crippen LogP contribution in [0.2, 0.25) is 5.02 Å². The van der Waals surface area contributed by atoms with Crippen LogP contribution in [0.25, 0.3) is 0 Å². The normalized spacial score (nSPS) is 12.1. The van der Waals surface area contributed by atoms with E-state index in [9.17, 15) is 13.2 Å². The van der Waals surface area contributed by atoms with Gasteiger partial charge in [0, 0.05) is 10.6 Å². The van der Waals surface area contributed by atoms with Gasteiger partial charge in [-0.1, -0.05) is 79.2 Å². The smallest absolute Gasteiger partial charge is 0.264 e. The summed E-state index contributed by atoms with van der Waals surface area (Å²) >= 11 is 6.25. The van der Waals surface area contributed by atoms with Gasteiger partial charge in [0.2, 0.25) is 0 Å². The Kier molecular flexibility index (Phi) is 8.55. The first-order valence-electron chi connectivity index (χ1n) is 12.5. The van der Waals surface area contributed by atoms with Crippen LogP contribution < -0.4 is 9.62 Å². The summed E-state index contributed by atoms with van der Waals surface area (Å²) in [5.74, 6) is -0.192. The highest BCUT2D eigenvalue weighted by Crippen LogP contribution is 2.31. The number of amides is 1. The lowest BCUT2D eigenvalue weighted by atomic mass is 10.0. The minimum atomic E-state index is -3.87. The van der Waals surface area contributed by atoms with E-state index in [1.54, 1.807) is 72.8 Å². The highest BCUT2D eigenvalue weighted by Gasteiger charge is 2.26. The van der Waals surface area contributed by atoms with Gasteiger partial charge in [-0.05, 0) is 78.9 Å². The molecule has 1 amide bonds. The number of benzene rings is 4. The third kappa shape index (κ3) is 6.26. The maximum Gasteiger partial charge on any atom is 0.264 e. The van der Waals surface area contributed by atoms with Gasteiger partial charge in [0.05, 0.1) is 23.2 Å². The SMILES string of the molecule is CCc1ccc([C@@H](C)NC(=O)c2ccc(CN(c3cc(Cl)ccc3C)S(=O)(=O)c3ccccc3)cc2)cc1. The first kappa shape index (κ1) is 27.4. The van der Waals surface area contributed by atoms with E-state index in [4.69, 9.17) is 11.6 Å². The third-order valence-electron chi connectivity index (χ3n) is 6.55. The Morgan fingerprint density at radius 3 is 2.16 bits per heavy atom. The fourth-order valence-corrected chi connectivity index (χ4v) is 5.90. The summed E-state index contributed by atoms with van der Waals surface area (Å²) in [6.07, 6.45) is 0.967. The quantitative estimate of drug-likeness (QED) is 0.243. The zero-order valence-corrected chi connectivity index (χ0v) is 23.3. The molecule has 0 saturated carbocycles. The van der Waals surface area contributed by atoms with E-state index >= 15 is 0 Å². The molecule has 196 valence electrons. The highest BCUT2D eigenvalue weighted by molar-refractivity contribution is 7.92. The van der Waals surface area contributed by atoms with Crippen molar-refractivity contribution >= 4 is 33.2 Å². The molecule has 1 atom stereocenters. The summed E-state index contributed by atoms with van der Waals surface area (Å²) < 4.78 is 28.7. The number of halogens is 1. The van der Waals surface area contributed by atoms with Crippen LogP contribution >= 0.6 is 11.6 Å². The second-order valence-electron chi connectivity index (χ2n) is 9.24. The van der Waals surface area contributed by atoms with E-state index in [0.29, 0.717) is 16.3 Å². The van der Waals surface area contributed by atoms with Crippen molar-refractivity contribution in [1.82, 2.24) is 5.32 Å². The van der Waals surface area contributed by atoms with Crippen molar-refractivity contribution in [2.75, 3.05) is 4.31 Å². The molecule has 0 aromatic heterocycles. The summed E-state index contributed by atoms with van der Waals surface area (Å²) in [6, 6.07) is 28.6. The number of aryl methyl sites for hydroxylation is 2. The van der Waals surface area contributed by atoms with E-state index < -0.39 is 10.0 Å². The van der Waals surface area contributed by atoms with Crippen LogP contribution in [0.4, 0.5) is 5.69 Å². The molecule has 0 aliphatic heterocycles. The first-order valence-corrected chi connectivity index (χ1v) is 14.3. The lowest BCUT2D eigenvalue weighted by Gasteiger charge is -2.26. The molecule has 7 heteroatoms. The van der Waals surface area contributed by atoms with Crippen LogP contribution in [-0.4, -0.2) is 14.3 Å². The number of rotatable bonds is 9. The molecule has 0 aliphatic rings. The minimum Gasteiger partial charge on any atom is -0.346 e. The molecule has 1 N–H and O–H groups in total. The molecule has 4 aromatic rings. The summed E-state index contributed by atoms with van der Waals surface area (Å²) in [6.45, 7) is 5.99. The van der Waals surface area contributed by atoms with Gasteiger partial charge in [-0.25, -0.2) is 8.42 Å². The van der Waals surface area contributed by atoms with Crippen molar-refractivity contribution in [3.8, 4) is 0 Å². The van der Waals surface area contributed by atoms with Crippen molar-refractivity contribution in [2.24, 2.45) is 0 Å². The zero-order chi connectivity index (χ0) is 27.3. The van der Waals surface area contributed by atoms with Crippen molar-refractivity contribution in [2.45, 2.75) is 44.7 Å². The Balaban J connectivity index is 1.56.